The minimum Gasteiger partial charge on any atom is -0.370 e. The second kappa shape index (κ2) is 2.98. The third kappa shape index (κ3) is 1.12. The van der Waals surface area contributed by atoms with Gasteiger partial charge in [0.1, 0.15) is 0 Å². The van der Waals surface area contributed by atoms with Crippen LogP contribution in [0.15, 0.2) is 18.2 Å². The highest BCUT2D eigenvalue weighted by Gasteiger charge is 2.43. The molecule has 0 aromatic heterocycles. The summed E-state index contributed by atoms with van der Waals surface area (Å²) in [7, 11) is 0. The van der Waals surface area contributed by atoms with E-state index in [-0.39, 0.29) is 5.60 Å². The zero-order chi connectivity index (χ0) is 9.60. The number of hydrogen-bond donors (Lipinski definition) is 0. The Labute approximate surface area is 89.0 Å². The Kier molecular flexibility index (Phi) is 1.86. The minimum absolute atomic E-state index is 0.0402. The Hall–Kier alpha value is -0.530. The van der Waals surface area contributed by atoms with E-state index in [2.05, 4.69) is 12.1 Å². The number of rotatable bonds is 0. The Morgan fingerprint density at radius 3 is 2.86 bits per heavy atom. The largest absolute Gasteiger partial charge is 0.370 e. The predicted octanol–water partition coefficient (Wildman–Crippen LogP) is 3.29. The molecule has 1 heterocycles. The van der Waals surface area contributed by atoms with E-state index in [1.54, 1.807) is 0 Å². The Balaban J connectivity index is 2.12. The van der Waals surface area contributed by atoms with Gasteiger partial charge >= 0.3 is 0 Å². The molecule has 3 rings (SSSR count). The molecule has 0 saturated carbocycles. The van der Waals surface area contributed by atoms with E-state index in [9.17, 15) is 0 Å². The van der Waals surface area contributed by atoms with Crippen molar-refractivity contribution >= 4 is 11.6 Å². The van der Waals surface area contributed by atoms with Gasteiger partial charge in [-0.15, -0.1) is 0 Å². The van der Waals surface area contributed by atoms with E-state index in [0.29, 0.717) is 0 Å². The van der Waals surface area contributed by atoms with Crippen molar-refractivity contribution in [3.8, 4) is 0 Å². The highest BCUT2D eigenvalue weighted by Crippen LogP contribution is 2.46. The first kappa shape index (κ1) is 8.75. The molecule has 1 atom stereocenters. The molecule has 0 bridgehead atoms. The fourth-order valence-corrected chi connectivity index (χ4v) is 2.82. The van der Waals surface area contributed by atoms with Crippen molar-refractivity contribution in [3.63, 3.8) is 0 Å². The normalized spacial score (nSPS) is 29.8. The molecule has 1 saturated heterocycles. The molecule has 0 N–H and O–H groups in total. The zero-order valence-electron chi connectivity index (χ0n) is 8.05. The average molecular weight is 209 g/mol. The number of benzene rings is 1. The van der Waals surface area contributed by atoms with Gasteiger partial charge in [0, 0.05) is 11.4 Å². The third-order valence-electron chi connectivity index (χ3n) is 3.47. The molecule has 0 amide bonds. The Morgan fingerprint density at radius 1 is 1.29 bits per heavy atom. The molecule has 1 nitrogen and oxygen atoms in total. The molecule has 1 fully saturated rings. The van der Waals surface area contributed by atoms with Gasteiger partial charge in [0.25, 0.3) is 0 Å². The Morgan fingerprint density at radius 2 is 2.14 bits per heavy atom. The summed E-state index contributed by atoms with van der Waals surface area (Å²) < 4.78 is 5.78. The van der Waals surface area contributed by atoms with Gasteiger partial charge in [-0.1, -0.05) is 17.7 Å². The Bertz CT molecular complexity index is 369. The first-order chi connectivity index (χ1) is 6.80. The molecule has 74 valence electrons. The smallest absolute Gasteiger partial charge is 0.0956 e. The highest BCUT2D eigenvalue weighted by atomic mass is 35.5. The van der Waals surface area contributed by atoms with Crippen LogP contribution in [-0.2, 0) is 16.8 Å². The molecule has 1 unspecified atom stereocenters. The molecular formula is C12H13ClO. The lowest BCUT2D eigenvalue weighted by molar-refractivity contribution is -0.163. The molecular weight excluding hydrogens is 196 g/mol. The third-order valence-corrected chi connectivity index (χ3v) is 3.71. The summed E-state index contributed by atoms with van der Waals surface area (Å²) in [6.07, 6.45) is 4.76. The quantitative estimate of drug-likeness (QED) is 0.636. The van der Waals surface area contributed by atoms with Crippen LogP contribution in [0.5, 0.6) is 0 Å². The molecule has 0 radical (unpaired) electrons. The van der Waals surface area contributed by atoms with E-state index in [1.165, 1.54) is 36.8 Å². The predicted molar refractivity (Wildman–Crippen MR) is 56.6 cm³/mol. The van der Waals surface area contributed by atoms with Crippen LogP contribution < -0.4 is 0 Å². The van der Waals surface area contributed by atoms with Crippen molar-refractivity contribution in [2.24, 2.45) is 0 Å². The lowest BCUT2D eigenvalue weighted by Crippen LogP contribution is -2.43. The lowest BCUT2D eigenvalue weighted by Gasteiger charge is -2.46. The molecule has 1 aromatic rings. The summed E-state index contributed by atoms with van der Waals surface area (Å²) in [5, 5.41) is 0.834. The van der Waals surface area contributed by atoms with Gasteiger partial charge in [0.05, 0.1) is 12.2 Å². The van der Waals surface area contributed by atoms with Gasteiger partial charge in [-0.2, -0.15) is 0 Å². The molecule has 2 heteroatoms. The summed E-state index contributed by atoms with van der Waals surface area (Å²) in [6.45, 7) is 0.909. The number of halogens is 1. The molecule has 1 aliphatic carbocycles. The van der Waals surface area contributed by atoms with Crippen LogP contribution in [-0.4, -0.2) is 6.61 Å². The zero-order valence-corrected chi connectivity index (χ0v) is 8.81. The van der Waals surface area contributed by atoms with Crippen LogP contribution in [0, 0.1) is 0 Å². The van der Waals surface area contributed by atoms with Crippen LogP contribution in [0.4, 0.5) is 0 Å². The van der Waals surface area contributed by atoms with Crippen LogP contribution >= 0.6 is 11.6 Å². The van der Waals surface area contributed by atoms with Crippen LogP contribution in [0.2, 0.25) is 5.02 Å². The van der Waals surface area contributed by atoms with Gasteiger partial charge in [-0.3, -0.25) is 0 Å². The topological polar surface area (TPSA) is 9.23 Å². The van der Waals surface area contributed by atoms with Crippen molar-refractivity contribution < 1.29 is 4.74 Å². The molecule has 14 heavy (non-hydrogen) atoms. The molecule has 1 aliphatic heterocycles. The highest BCUT2D eigenvalue weighted by molar-refractivity contribution is 6.30. The second-order valence-corrected chi connectivity index (χ2v) is 4.68. The minimum atomic E-state index is 0.0402. The van der Waals surface area contributed by atoms with Gasteiger partial charge < -0.3 is 4.74 Å². The fraction of sp³-hybridized carbons (Fsp3) is 0.500. The van der Waals surface area contributed by atoms with E-state index < -0.39 is 0 Å². The second-order valence-electron chi connectivity index (χ2n) is 4.25. The van der Waals surface area contributed by atoms with Crippen molar-refractivity contribution in [2.75, 3.05) is 6.61 Å². The van der Waals surface area contributed by atoms with Crippen molar-refractivity contribution in [3.05, 3.63) is 34.3 Å². The van der Waals surface area contributed by atoms with Gasteiger partial charge in [-0.25, -0.2) is 0 Å². The standard InChI is InChI=1S/C12H13ClO/c13-10-4-3-9-2-1-5-12(6-7-14-12)11(9)8-10/h3-4,8H,1-2,5-7H2. The lowest BCUT2D eigenvalue weighted by atomic mass is 9.75. The van der Waals surface area contributed by atoms with Crippen molar-refractivity contribution in [2.45, 2.75) is 31.3 Å². The van der Waals surface area contributed by atoms with E-state index in [4.69, 9.17) is 16.3 Å². The van der Waals surface area contributed by atoms with Crippen LogP contribution in [0.25, 0.3) is 0 Å². The summed E-state index contributed by atoms with van der Waals surface area (Å²) in [5.74, 6) is 0. The summed E-state index contributed by atoms with van der Waals surface area (Å²) in [5.41, 5.74) is 2.82. The number of aryl methyl sites for hydroxylation is 1. The SMILES string of the molecule is Clc1ccc2c(c1)C1(CCC2)CCO1. The number of hydrogen-bond acceptors (Lipinski definition) is 1. The maximum absolute atomic E-state index is 6.03. The molecule has 1 spiro atoms. The average Bonchev–Trinajstić information content (AvgIpc) is 2.14. The van der Waals surface area contributed by atoms with Gasteiger partial charge in [0.2, 0.25) is 0 Å². The van der Waals surface area contributed by atoms with E-state index in [1.807, 2.05) is 6.07 Å². The first-order valence-corrected chi connectivity index (χ1v) is 5.61. The van der Waals surface area contributed by atoms with Crippen molar-refractivity contribution in [1.82, 2.24) is 0 Å². The maximum atomic E-state index is 6.03. The molecule has 2 aliphatic rings. The van der Waals surface area contributed by atoms with Crippen LogP contribution in [0.1, 0.15) is 30.4 Å². The number of ether oxygens (including phenoxy) is 1. The summed E-state index contributed by atoms with van der Waals surface area (Å²) >= 11 is 6.03. The van der Waals surface area contributed by atoms with E-state index in [0.717, 1.165) is 11.6 Å². The van der Waals surface area contributed by atoms with E-state index >= 15 is 0 Å². The van der Waals surface area contributed by atoms with Gasteiger partial charge in [0.15, 0.2) is 0 Å². The number of fused-ring (bicyclic) bond motifs is 2. The van der Waals surface area contributed by atoms with Crippen molar-refractivity contribution in [1.29, 1.82) is 0 Å². The fourth-order valence-electron chi connectivity index (χ4n) is 2.65. The van der Waals surface area contributed by atoms with Crippen LogP contribution in [0.3, 0.4) is 0 Å². The molecule has 1 aromatic carbocycles. The van der Waals surface area contributed by atoms with Gasteiger partial charge in [-0.05, 0) is 42.5 Å². The summed E-state index contributed by atoms with van der Waals surface area (Å²) in [6, 6.07) is 6.23. The maximum Gasteiger partial charge on any atom is 0.0956 e. The first-order valence-electron chi connectivity index (χ1n) is 5.23. The summed E-state index contributed by atoms with van der Waals surface area (Å²) in [4.78, 5) is 0. The monoisotopic (exact) mass is 208 g/mol.